The second kappa shape index (κ2) is 20.0. The highest BCUT2D eigenvalue weighted by Gasteiger charge is 2.33. The Kier molecular flexibility index (Phi) is 16.5. The summed E-state index contributed by atoms with van der Waals surface area (Å²) in [6.07, 6.45) is 2.51. The molecule has 3 atom stereocenters. The average Bonchev–Trinajstić information content (AvgIpc) is 3.78. The van der Waals surface area contributed by atoms with Gasteiger partial charge < -0.3 is 29.6 Å². The van der Waals surface area contributed by atoms with Gasteiger partial charge in [-0.05, 0) is 89.3 Å². The third kappa shape index (κ3) is 13.4. The van der Waals surface area contributed by atoms with Crippen molar-refractivity contribution in [3.63, 3.8) is 0 Å². The number of nitrogens with zero attached hydrogens (tertiary/aromatic N) is 2. The van der Waals surface area contributed by atoms with Gasteiger partial charge in [0.1, 0.15) is 29.6 Å². The van der Waals surface area contributed by atoms with E-state index in [-0.39, 0.29) is 24.1 Å². The number of carbonyl (C=O) groups is 5. The average molecular weight is 777 g/mol. The first-order valence-corrected chi connectivity index (χ1v) is 20.7. The van der Waals surface area contributed by atoms with Crippen molar-refractivity contribution in [3.8, 4) is 11.1 Å². The smallest absolute Gasteiger partial charge is 0.411 e. The fourth-order valence-corrected chi connectivity index (χ4v) is 7.82. The zero-order chi connectivity index (χ0) is 38.5. The van der Waals surface area contributed by atoms with Crippen LogP contribution in [0.3, 0.4) is 0 Å². The van der Waals surface area contributed by atoms with Crippen LogP contribution < -0.4 is 10.6 Å². The van der Waals surface area contributed by atoms with Gasteiger partial charge in [-0.25, -0.2) is 14.4 Å². The monoisotopic (exact) mass is 776 g/mol. The third-order valence-corrected chi connectivity index (χ3v) is 10.4. The lowest BCUT2D eigenvalue weighted by Crippen LogP contribution is -2.43. The van der Waals surface area contributed by atoms with Gasteiger partial charge in [-0.2, -0.15) is 11.8 Å². The molecule has 0 bridgehead atoms. The predicted octanol–water partition coefficient (Wildman–Crippen LogP) is 6.60. The van der Waals surface area contributed by atoms with Crippen LogP contribution in [-0.4, -0.2) is 118 Å². The summed E-state index contributed by atoms with van der Waals surface area (Å²) in [6, 6.07) is 14.1. The number of hydrogen-bond acceptors (Lipinski definition) is 12. The van der Waals surface area contributed by atoms with Gasteiger partial charge in [0.25, 0.3) is 5.91 Å². The molecule has 2 heterocycles. The number of rotatable bonds is 11. The molecule has 0 saturated carbocycles. The Labute approximate surface area is 320 Å². The maximum atomic E-state index is 13.3. The summed E-state index contributed by atoms with van der Waals surface area (Å²) in [5.41, 5.74) is 1.86. The van der Waals surface area contributed by atoms with Crippen molar-refractivity contribution >= 4 is 71.3 Å². The fraction of sp³-hybridized carbons (Fsp3) is 0.541. The first-order chi connectivity index (χ1) is 24.6. The van der Waals surface area contributed by atoms with Gasteiger partial charge in [0.05, 0.1) is 24.9 Å². The van der Waals surface area contributed by atoms with E-state index in [1.165, 1.54) is 12.0 Å². The van der Waals surface area contributed by atoms with E-state index < -0.39 is 29.3 Å². The Balaban J connectivity index is 0.000000435. The quantitative estimate of drug-likeness (QED) is 0.144. The van der Waals surface area contributed by atoms with Crippen molar-refractivity contribution in [3.05, 3.63) is 54.1 Å². The number of ether oxygens (including phenoxy) is 3. The lowest BCUT2D eigenvalue weighted by Gasteiger charge is -2.28. The molecule has 2 aliphatic heterocycles. The van der Waals surface area contributed by atoms with Gasteiger partial charge >= 0.3 is 18.2 Å². The number of hydrogen-bond donors (Lipinski definition) is 2. The number of thioether (sulfide) groups is 3. The van der Waals surface area contributed by atoms with E-state index in [1.807, 2.05) is 90.3 Å². The lowest BCUT2D eigenvalue weighted by atomic mass is 9.98. The summed E-state index contributed by atoms with van der Waals surface area (Å²) < 4.78 is 15.6. The number of aldehydes is 1. The van der Waals surface area contributed by atoms with E-state index in [2.05, 4.69) is 10.6 Å². The summed E-state index contributed by atoms with van der Waals surface area (Å²) in [5.74, 6) is 2.53. The van der Waals surface area contributed by atoms with Crippen LogP contribution >= 0.6 is 35.3 Å². The molecule has 0 spiro atoms. The van der Waals surface area contributed by atoms with Crippen molar-refractivity contribution < 1.29 is 38.2 Å². The molecule has 2 fully saturated rings. The molecule has 15 heteroatoms. The van der Waals surface area contributed by atoms with E-state index in [0.717, 1.165) is 28.9 Å². The molecule has 2 aliphatic rings. The van der Waals surface area contributed by atoms with Crippen LogP contribution in [0.4, 0.5) is 15.3 Å². The molecule has 12 nitrogen and oxygen atoms in total. The zero-order valence-corrected chi connectivity index (χ0v) is 33.7. The van der Waals surface area contributed by atoms with Crippen LogP contribution in [0.15, 0.2) is 48.5 Å². The molecule has 3 amide bonds. The van der Waals surface area contributed by atoms with E-state index in [9.17, 15) is 24.0 Å². The molecule has 2 saturated heterocycles. The van der Waals surface area contributed by atoms with Crippen LogP contribution in [0, 0.1) is 0 Å². The number of nitrogens with one attached hydrogen (secondary N) is 2. The van der Waals surface area contributed by atoms with E-state index >= 15 is 0 Å². The SMILES string of the molecule is CC(C)(C)OC(=O)N1CSC[C@H]1C=O.COC(=O)[C@H](CCSC)NC(=O)c1ccc(NC[C@@H]2CSCN2C(=O)OC(C)(C)C)cc1-c1ccccc1. The number of benzene rings is 2. The Morgan fingerprint density at radius 3 is 2.13 bits per heavy atom. The number of anilines is 1. The Morgan fingerprint density at radius 1 is 0.923 bits per heavy atom. The Bertz CT molecular complexity index is 1520. The maximum Gasteiger partial charge on any atom is 0.411 e. The van der Waals surface area contributed by atoms with Crippen LogP contribution in [0.5, 0.6) is 0 Å². The Morgan fingerprint density at radius 2 is 1.54 bits per heavy atom. The highest BCUT2D eigenvalue weighted by molar-refractivity contribution is 7.99. The van der Waals surface area contributed by atoms with Crippen molar-refractivity contribution in [2.24, 2.45) is 0 Å². The first kappa shape index (κ1) is 42.8. The second-order valence-electron chi connectivity index (χ2n) is 14.1. The predicted molar refractivity (Wildman–Crippen MR) is 211 cm³/mol. The zero-order valence-electron chi connectivity index (χ0n) is 31.3. The number of amides is 3. The number of carbonyl (C=O) groups excluding carboxylic acids is 5. The lowest BCUT2D eigenvalue weighted by molar-refractivity contribution is -0.142. The van der Waals surface area contributed by atoms with Crippen LogP contribution in [0.1, 0.15) is 58.3 Å². The van der Waals surface area contributed by atoms with Crippen molar-refractivity contribution in [2.45, 2.75) is 77.3 Å². The van der Waals surface area contributed by atoms with Crippen LogP contribution in [-0.2, 0) is 23.8 Å². The number of methoxy groups -OCH3 is 1. The van der Waals surface area contributed by atoms with Gasteiger partial charge in [-0.1, -0.05) is 30.3 Å². The summed E-state index contributed by atoms with van der Waals surface area (Å²) in [7, 11) is 1.32. The largest absolute Gasteiger partial charge is 0.467 e. The van der Waals surface area contributed by atoms with Gasteiger partial charge in [-0.3, -0.25) is 14.6 Å². The van der Waals surface area contributed by atoms with Crippen molar-refractivity contribution in [1.29, 1.82) is 0 Å². The summed E-state index contributed by atoms with van der Waals surface area (Å²) in [5, 5.41) is 6.29. The summed E-state index contributed by atoms with van der Waals surface area (Å²) in [4.78, 5) is 63.6. The standard InChI is InChI=1S/C28H37N3O5S2.C9H15NO3S/c1-28(2,3)36-27(34)31-18-38-17-21(31)16-29-20-11-12-22(23(15-20)19-9-7-6-8-10-19)25(32)30-24(13-14-37-5)26(33)35-4;1-9(2,3)13-8(12)10-6-14-5-7(10)4-11/h6-12,15,21,24,29H,13-14,16-18H2,1-5H3,(H,30,32);4,7H,5-6H2,1-3H3/t21-,24+;7-/m11/s1. The topological polar surface area (TPSA) is 144 Å². The molecule has 2 N–H and O–H groups in total. The summed E-state index contributed by atoms with van der Waals surface area (Å²) >= 11 is 4.86. The maximum absolute atomic E-state index is 13.3. The molecule has 0 unspecified atom stereocenters. The van der Waals surface area contributed by atoms with Gasteiger partial charge in [-0.15, -0.1) is 23.5 Å². The van der Waals surface area contributed by atoms with Crippen LogP contribution in [0.25, 0.3) is 11.1 Å². The molecule has 0 radical (unpaired) electrons. The molecule has 0 aliphatic carbocycles. The Hall–Kier alpha value is -3.56. The second-order valence-corrected chi connectivity index (χ2v) is 17.1. The highest BCUT2D eigenvalue weighted by Crippen LogP contribution is 2.29. The van der Waals surface area contributed by atoms with Crippen molar-refractivity contribution in [2.75, 3.05) is 54.2 Å². The molecule has 0 aromatic heterocycles. The molecule has 4 rings (SSSR count). The normalized spacial score (nSPS) is 17.7. The minimum Gasteiger partial charge on any atom is -0.467 e. The molecule has 286 valence electrons. The summed E-state index contributed by atoms with van der Waals surface area (Å²) in [6.45, 7) is 11.6. The molecule has 2 aromatic carbocycles. The molecular weight excluding hydrogens is 725 g/mol. The number of esters is 1. The molecule has 52 heavy (non-hydrogen) atoms. The molecule has 2 aromatic rings. The van der Waals surface area contributed by atoms with Gasteiger partial charge in [0.15, 0.2) is 0 Å². The third-order valence-electron chi connectivity index (χ3n) is 7.61. The van der Waals surface area contributed by atoms with Gasteiger partial charge in [0, 0.05) is 29.3 Å². The van der Waals surface area contributed by atoms with E-state index in [1.54, 1.807) is 46.3 Å². The molecular formula is C37H52N4O8S3. The first-order valence-electron chi connectivity index (χ1n) is 17.0. The van der Waals surface area contributed by atoms with Crippen molar-refractivity contribution in [1.82, 2.24) is 15.1 Å². The van der Waals surface area contributed by atoms with E-state index in [4.69, 9.17) is 14.2 Å². The fourth-order valence-electron chi connectivity index (χ4n) is 5.06. The van der Waals surface area contributed by atoms with Crippen LogP contribution in [0.2, 0.25) is 0 Å². The highest BCUT2D eigenvalue weighted by atomic mass is 32.2. The van der Waals surface area contributed by atoms with Gasteiger partial charge in [0.2, 0.25) is 0 Å². The minimum absolute atomic E-state index is 0.0183. The van der Waals surface area contributed by atoms with E-state index in [0.29, 0.717) is 41.8 Å². The minimum atomic E-state index is -0.722.